The Morgan fingerprint density at radius 3 is 3.00 bits per heavy atom. The highest BCUT2D eigenvalue weighted by Crippen LogP contribution is 2.29. The van der Waals surface area contributed by atoms with Crippen LogP contribution in [0.1, 0.15) is 19.8 Å². The normalized spacial score (nSPS) is 21.7. The van der Waals surface area contributed by atoms with Gasteiger partial charge in [0.1, 0.15) is 11.2 Å². The molecule has 2 N–H and O–H groups in total. The van der Waals surface area contributed by atoms with Crippen LogP contribution in [0.15, 0.2) is 18.2 Å². The Labute approximate surface area is 126 Å². The summed E-state index contributed by atoms with van der Waals surface area (Å²) in [5.74, 6) is -0.767. The van der Waals surface area contributed by atoms with Crippen LogP contribution in [0.3, 0.4) is 0 Å². The second-order valence-electron chi connectivity index (χ2n) is 5.77. The molecule has 2 aromatic rings. The monoisotopic (exact) mass is 304 g/mol. The average molecular weight is 304 g/mol. The summed E-state index contributed by atoms with van der Waals surface area (Å²) < 4.78 is 14.9. The molecule has 22 heavy (non-hydrogen) atoms. The zero-order chi connectivity index (χ0) is 15.9. The van der Waals surface area contributed by atoms with Gasteiger partial charge in [-0.15, -0.1) is 0 Å². The zero-order valence-electron chi connectivity index (χ0n) is 12.4. The number of imidazole rings is 1. The maximum absolute atomic E-state index is 13.3. The van der Waals surface area contributed by atoms with Crippen molar-refractivity contribution in [1.82, 2.24) is 14.9 Å². The van der Waals surface area contributed by atoms with Gasteiger partial charge in [0.25, 0.3) is 0 Å². The van der Waals surface area contributed by atoms with E-state index in [-0.39, 0.29) is 11.7 Å². The Morgan fingerprint density at radius 1 is 1.50 bits per heavy atom. The number of nitrogens with one attached hydrogen (secondary N) is 2. The molecule has 1 unspecified atom stereocenters. The molecule has 1 aromatic heterocycles. The largest absolute Gasteiger partial charge is 0.355 e. The summed E-state index contributed by atoms with van der Waals surface area (Å²) in [5.41, 5.74) is 0.0488. The molecule has 2 heterocycles. The topological polar surface area (TPSA) is 76.0 Å². The van der Waals surface area contributed by atoms with Crippen LogP contribution >= 0.6 is 0 Å². The number of aromatic nitrogens is 2. The van der Waals surface area contributed by atoms with Gasteiger partial charge in [-0.25, -0.2) is 9.37 Å². The first-order chi connectivity index (χ1) is 10.4. The molecular weight excluding hydrogens is 287 g/mol. The van der Waals surface area contributed by atoms with Crippen molar-refractivity contribution in [2.24, 2.45) is 12.5 Å². The first kappa shape index (κ1) is 14.5. The summed E-state index contributed by atoms with van der Waals surface area (Å²) in [6, 6.07) is 4.24. The minimum absolute atomic E-state index is 0.277. The van der Waals surface area contributed by atoms with Gasteiger partial charge >= 0.3 is 0 Å². The van der Waals surface area contributed by atoms with Crippen molar-refractivity contribution >= 4 is 28.8 Å². The predicted octanol–water partition coefficient (Wildman–Crippen LogP) is 1.57. The Morgan fingerprint density at radius 2 is 2.27 bits per heavy atom. The van der Waals surface area contributed by atoms with Crippen LogP contribution in [0, 0.1) is 11.2 Å². The zero-order valence-corrected chi connectivity index (χ0v) is 12.4. The lowest BCUT2D eigenvalue weighted by atomic mass is 9.81. The lowest BCUT2D eigenvalue weighted by Crippen LogP contribution is -2.51. The molecule has 1 saturated heterocycles. The molecule has 1 aromatic carbocycles. The number of aryl methyl sites for hydroxylation is 1. The number of carbonyl (C=O) groups excluding carboxylic acids is 2. The SMILES string of the molecule is Cn1c(NC(=O)C2(C)CCCNC2=O)nc2cc(F)ccc21. The fourth-order valence-electron chi connectivity index (χ4n) is 2.69. The van der Waals surface area contributed by atoms with Gasteiger partial charge in [-0.2, -0.15) is 0 Å². The van der Waals surface area contributed by atoms with Gasteiger partial charge in [0.2, 0.25) is 17.8 Å². The molecule has 0 aliphatic carbocycles. The second kappa shape index (κ2) is 5.08. The lowest BCUT2D eigenvalue weighted by Gasteiger charge is -2.30. The number of nitrogens with zero attached hydrogens (tertiary/aromatic N) is 2. The molecule has 1 atom stereocenters. The third-order valence-corrected chi connectivity index (χ3v) is 4.21. The smallest absolute Gasteiger partial charge is 0.242 e. The predicted molar refractivity (Wildman–Crippen MR) is 79.7 cm³/mol. The van der Waals surface area contributed by atoms with Crippen LogP contribution in [0.5, 0.6) is 0 Å². The molecule has 2 amide bonds. The molecule has 0 radical (unpaired) electrons. The van der Waals surface area contributed by atoms with E-state index in [0.717, 1.165) is 6.42 Å². The van der Waals surface area contributed by atoms with E-state index in [4.69, 9.17) is 0 Å². The van der Waals surface area contributed by atoms with Gasteiger partial charge in [-0.1, -0.05) is 0 Å². The number of rotatable bonds is 2. The number of benzene rings is 1. The van der Waals surface area contributed by atoms with E-state index >= 15 is 0 Å². The maximum atomic E-state index is 13.3. The summed E-state index contributed by atoms with van der Waals surface area (Å²) >= 11 is 0. The van der Waals surface area contributed by atoms with Crippen LogP contribution in [0.25, 0.3) is 11.0 Å². The first-order valence-electron chi connectivity index (χ1n) is 7.13. The summed E-state index contributed by atoms with van der Waals surface area (Å²) in [6.45, 7) is 2.21. The van der Waals surface area contributed by atoms with Crippen LogP contribution < -0.4 is 10.6 Å². The molecule has 0 bridgehead atoms. The quantitative estimate of drug-likeness (QED) is 0.827. The van der Waals surface area contributed by atoms with E-state index < -0.39 is 11.3 Å². The molecule has 0 spiro atoms. The third kappa shape index (κ3) is 2.22. The molecule has 1 fully saturated rings. The minimum Gasteiger partial charge on any atom is -0.355 e. The highest BCUT2D eigenvalue weighted by atomic mass is 19.1. The lowest BCUT2D eigenvalue weighted by molar-refractivity contribution is -0.141. The molecule has 6 nitrogen and oxygen atoms in total. The van der Waals surface area contributed by atoms with E-state index in [1.54, 1.807) is 24.6 Å². The van der Waals surface area contributed by atoms with Crippen molar-refractivity contribution in [2.75, 3.05) is 11.9 Å². The van der Waals surface area contributed by atoms with Crippen molar-refractivity contribution in [3.63, 3.8) is 0 Å². The van der Waals surface area contributed by atoms with Gasteiger partial charge in [0, 0.05) is 19.7 Å². The second-order valence-corrected chi connectivity index (χ2v) is 5.77. The Hall–Kier alpha value is -2.44. The highest BCUT2D eigenvalue weighted by molar-refractivity contribution is 6.10. The summed E-state index contributed by atoms with van der Waals surface area (Å²) in [7, 11) is 1.73. The number of piperidine rings is 1. The van der Waals surface area contributed by atoms with Gasteiger partial charge in [-0.05, 0) is 31.9 Å². The van der Waals surface area contributed by atoms with Crippen molar-refractivity contribution in [1.29, 1.82) is 0 Å². The molecule has 1 aliphatic heterocycles. The van der Waals surface area contributed by atoms with E-state index in [1.807, 2.05) is 0 Å². The van der Waals surface area contributed by atoms with Crippen LogP contribution in [0.4, 0.5) is 10.3 Å². The number of halogens is 1. The van der Waals surface area contributed by atoms with E-state index in [2.05, 4.69) is 15.6 Å². The van der Waals surface area contributed by atoms with Crippen molar-refractivity contribution in [3.8, 4) is 0 Å². The van der Waals surface area contributed by atoms with Crippen LogP contribution in [0.2, 0.25) is 0 Å². The van der Waals surface area contributed by atoms with Gasteiger partial charge < -0.3 is 9.88 Å². The Balaban J connectivity index is 1.91. The molecule has 116 valence electrons. The summed E-state index contributed by atoms with van der Waals surface area (Å²) in [4.78, 5) is 28.7. The minimum atomic E-state index is -1.11. The summed E-state index contributed by atoms with van der Waals surface area (Å²) in [6.07, 6.45) is 1.24. The first-order valence-corrected chi connectivity index (χ1v) is 7.13. The Bertz CT molecular complexity index is 770. The standard InChI is InChI=1S/C15H17FN4O2/c1-15(6-3-7-17-12(15)21)13(22)19-14-18-10-8-9(16)4-5-11(10)20(14)2/h4-5,8H,3,6-7H2,1-2H3,(H,17,21)(H,18,19,22). The Kier molecular flexibility index (Phi) is 3.35. The van der Waals surface area contributed by atoms with E-state index in [0.29, 0.717) is 29.9 Å². The van der Waals surface area contributed by atoms with Crippen LogP contribution in [-0.4, -0.2) is 27.9 Å². The highest BCUT2D eigenvalue weighted by Gasteiger charge is 2.43. The van der Waals surface area contributed by atoms with Gasteiger partial charge in [-0.3, -0.25) is 14.9 Å². The molecule has 7 heteroatoms. The summed E-state index contributed by atoms with van der Waals surface area (Å²) in [5, 5.41) is 5.40. The fraction of sp³-hybridized carbons (Fsp3) is 0.400. The number of carbonyl (C=O) groups is 2. The third-order valence-electron chi connectivity index (χ3n) is 4.21. The van der Waals surface area contributed by atoms with E-state index in [1.165, 1.54) is 12.1 Å². The molecular formula is C15H17FN4O2. The number of anilines is 1. The van der Waals surface area contributed by atoms with Crippen molar-refractivity contribution in [3.05, 3.63) is 24.0 Å². The van der Waals surface area contributed by atoms with Crippen molar-refractivity contribution in [2.45, 2.75) is 19.8 Å². The number of amides is 2. The average Bonchev–Trinajstić information content (AvgIpc) is 2.78. The molecule has 1 aliphatic rings. The molecule has 0 saturated carbocycles. The maximum Gasteiger partial charge on any atom is 0.242 e. The fourth-order valence-corrected chi connectivity index (χ4v) is 2.69. The number of hydrogen-bond donors (Lipinski definition) is 2. The van der Waals surface area contributed by atoms with Crippen molar-refractivity contribution < 1.29 is 14.0 Å². The van der Waals surface area contributed by atoms with Gasteiger partial charge in [0.05, 0.1) is 11.0 Å². The number of hydrogen-bond acceptors (Lipinski definition) is 3. The van der Waals surface area contributed by atoms with Crippen LogP contribution in [-0.2, 0) is 16.6 Å². The molecule has 3 rings (SSSR count). The number of fused-ring (bicyclic) bond motifs is 1. The van der Waals surface area contributed by atoms with Gasteiger partial charge in [0.15, 0.2) is 0 Å². The van der Waals surface area contributed by atoms with E-state index in [9.17, 15) is 14.0 Å².